The molecule has 4 heterocycles. The third kappa shape index (κ3) is 3.08. The lowest BCUT2D eigenvalue weighted by Crippen LogP contribution is -2.55. The van der Waals surface area contributed by atoms with Crippen LogP contribution in [0.15, 0.2) is 47.6 Å². The highest BCUT2D eigenvalue weighted by Gasteiger charge is 2.57. The van der Waals surface area contributed by atoms with E-state index >= 15 is 0 Å². The van der Waals surface area contributed by atoms with Gasteiger partial charge in [0.2, 0.25) is 5.91 Å². The number of aromatic nitrogens is 3. The second-order valence-electron chi connectivity index (χ2n) is 10.2. The van der Waals surface area contributed by atoms with E-state index in [0.717, 1.165) is 72.5 Å². The Morgan fingerprint density at radius 1 is 1.06 bits per heavy atom. The molecule has 8 heteroatoms. The van der Waals surface area contributed by atoms with Crippen molar-refractivity contribution < 1.29 is 9.59 Å². The lowest BCUT2D eigenvalue weighted by Gasteiger charge is -2.41. The molecule has 1 spiro atoms. The molecule has 2 aromatic heterocycles. The first-order chi connectivity index (χ1) is 16.5. The molecule has 1 aromatic carbocycles. The van der Waals surface area contributed by atoms with Gasteiger partial charge in [-0.15, -0.1) is 0 Å². The number of amides is 2. The normalized spacial score (nSPS) is 21.3. The number of carbonyl (C=O) groups is 2. The number of amidine groups is 1. The number of hydrogen-bond donors (Lipinski definition) is 0. The van der Waals surface area contributed by atoms with Crippen molar-refractivity contribution >= 4 is 28.7 Å². The van der Waals surface area contributed by atoms with Crippen molar-refractivity contribution in [3.63, 3.8) is 0 Å². The van der Waals surface area contributed by atoms with E-state index in [1.54, 1.807) is 6.20 Å². The van der Waals surface area contributed by atoms with Gasteiger partial charge in [0.25, 0.3) is 5.91 Å². The van der Waals surface area contributed by atoms with Gasteiger partial charge >= 0.3 is 0 Å². The summed E-state index contributed by atoms with van der Waals surface area (Å²) in [5, 5.41) is 4.27. The number of benzene rings is 1. The van der Waals surface area contributed by atoms with Gasteiger partial charge in [-0.1, -0.05) is 24.3 Å². The summed E-state index contributed by atoms with van der Waals surface area (Å²) in [7, 11) is 1.91. The maximum absolute atomic E-state index is 13.2. The Hall–Kier alpha value is -3.55. The summed E-state index contributed by atoms with van der Waals surface area (Å²) in [6.45, 7) is 2.14. The second kappa shape index (κ2) is 6.98. The molecule has 0 bridgehead atoms. The summed E-state index contributed by atoms with van der Waals surface area (Å²) >= 11 is 0. The summed E-state index contributed by atoms with van der Waals surface area (Å²) in [6.07, 6.45) is 5.50. The van der Waals surface area contributed by atoms with E-state index < -0.39 is 5.54 Å². The lowest BCUT2D eigenvalue weighted by atomic mass is 9.98. The van der Waals surface area contributed by atoms with Crippen LogP contribution in [0.4, 0.5) is 0 Å². The van der Waals surface area contributed by atoms with Crippen LogP contribution in [-0.2, 0) is 16.6 Å². The Kier molecular flexibility index (Phi) is 4.08. The quantitative estimate of drug-likeness (QED) is 0.593. The van der Waals surface area contributed by atoms with E-state index in [0.29, 0.717) is 18.4 Å². The molecule has 2 aliphatic heterocycles. The SMILES string of the molecule is Cn1ncc2nc(-c3ccc(C4=NC5(CC5)C(=O)N4CC4CN(C(=O)C5CC5)C4)cc3)ccc21. The summed E-state index contributed by atoms with van der Waals surface area (Å²) in [4.78, 5) is 38.9. The fourth-order valence-electron chi connectivity index (χ4n) is 5.19. The zero-order valence-electron chi connectivity index (χ0n) is 19.1. The third-order valence-corrected chi connectivity index (χ3v) is 7.62. The minimum atomic E-state index is -0.534. The van der Waals surface area contributed by atoms with Gasteiger partial charge in [-0.25, -0.2) is 4.98 Å². The van der Waals surface area contributed by atoms with Gasteiger partial charge in [-0.05, 0) is 37.8 Å². The molecular formula is C26H26N6O2. The van der Waals surface area contributed by atoms with Gasteiger partial charge in [0, 0.05) is 49.6 Å². The van der Waals surface area contributed by atoms with Crippen LogP contribution >= 0.6 is 0 Å². The van der Waals surface area contributed by atoms with Gasteiger partial charge in [0.15, 0.2) is 0 Å². The Bertz CT molecular complexity index is 1360. The van der Waals surface area contributed by atoms with Gasteiger partial charge in [-0.3, -0.25) is 24.2 Å². The van der Waals surface area contributed by atoms with E-state index in [4.69, 9.17) is 9.98 Å². The highest BCUT2D eigenvalue weighted by molar-refractivity contribution is 6.16. The summed E-state index contributed by atoms with van der Waals surface area (Å²) < 4.78 is 1.82. The van der Waals surface area contributed by atoms with Crippen molar-refractivity contribution in [3.8, 4) is 11.3 Å². The van der Waals surface area contributed by atoms with Crippen LogP contribution in [-0.4, -0.2) is 67.4 Å². The van der Waals surface area contributed by atoms with Crippen LogP contribution in [0.5, 0.6) is 0 Å². The molecule has 4 aliphatic rings. The van der Waals surface area contributed by atoms with Crippen LogP contribution in [0.2, 0.25) is 0 Å². The Morgan fingerprint density at radius 3 is 2.50 bits per heavy atom. The third-order valence-electron chi connectivity index (χ3n) is 7.62. The fraction of sp³-hybridized carbons (Fsp3) is 0.423. The summed E-state index contributed by atoms with van der Waals surface area (Å²) in [6, 6.07) is 12.2. The number of aryl methyl sites for hydroxylation is 1. The maximum Gasteiger partial charge on any atom is 0.256 e. The summed E-state index contributed by atoms with van der Waals surface area (Å²) in [5.74, 6) is 1.78. The molecule has 2 aliphatic carbocycles. The highest BCUT2D eigenvalue weighted by atomic mass is 16.2. The number of carbonyl (C=O) groups excluding carboxylic acids is 2. The monoisotopic (exact) mass is 454 g/mol. The molecule has 2 saturated carbocycles. The Balaban J connectivity index is 1.11. The van der Waals surface area contributed by atoms with E-state index in [1.807, 2.05) is 57.9 Å². The number of hydrogen-bond acceptors (Lipinski definition) is 5. The molecule has 0 radical (unpaired) electrons. The molecule has 34 heavy (non-hydrogen) atoms. The Morgan fingerprint density at radius 2 is 1.79 bits per heavy atom. The second-order valence-corrected chi connectivity index (χ2v) is 10.2. The molecule has 7 rings (SSSR count). The fourth-order valence-corrected chi connectivity index (χ4v) is 5.19. The minimum Gasteiger partial charge on any atom is -0.342 e. The molecule has 0 N–H and O–H groups in total. The maximum atomic E-state index is 13.2. The lowest BCUT2D eigenvalue weighted by molar-refractivity contribution is -0.139. The molecule has 3 aromatic rings. The Labute approximate surface area is 197 Å². The average Bonchev–Trinajstić information content (AvgIpc) is 3.75. The van der Waals surface area contributed by atoms with Crippen molar-refractivity contribution in [3.05, 3.63) is 48.2 Å². The van der Waals surface area contributed by atoms with Crippen LogP contribution in [0, 0.1) is 11.8 Å². The van der Waals surface area contributed by atoms with Crippen LogP contribution in [0.1, 0.15) is 31.2 Å². The molecule has 172 valence electrons. The van der Waals surface area contributed by atoms with Crippen molar-refractivity contribution in [1.82, 2.24) is 24.6 Å². The van der Waals surface area contributed by atoms with Crippen LogP contribution in [0.25, 0.3) is 22.3 Å². The van der Waals surface area contributed by atoms with Crippen molar-refractivity contribution in [1.29, 1.82) is 0 Å². The first-order valence-electron chi connectivity index (χ1n) is 12.1. The molecule has 3 fully saturated rings. The molecular weight excluding hydrogens is 428 g/mol. The van der Waals surface area contributed by atoms with Gasteiger partial charge in [0.1, 0.15) is 16.9 Å². The number of pyridine rings is 1. The average molecular weight is 455 g/mol. The van der Waals surface area contributed by atoms with Crippen molar-refractivity contribution in [2.45, 2.75) is 31.2 Å². The molecule has 2 amide bonds. The number of aliphatic imine (C=N–C) groups is 1. The van der Waals surface area contributed by atoms with Crippen molar-refractivity contribution in [2.75, 3.05) is 19.6 Å². The predicted molar refractivity (Wildman–Crippen MR) is 127 cm³/mol. The standard InChI is InChI=1S/C26H26N6O2/c1-30-22-9-8-20(28-21(22)12-27-30)17-2-4-18(5-3-17)23-29-26(10-11-26)25(34)32(23)15-16-13-31(14-16)24(33)19-6-7-19/h2-5,8-9,12,16,19H,6-7,10-11,13-15H2,1H3. The smallest absolute Gasteiger partial charge is 0.256 e. The van der Waals surface area contributed by atoms with E-state index in [-0.39, 0.29) is 11.8 Å². The van der Waals surface area contributed by atoms with Crippen LogP contribution < -0.4 is 0 Å². The molecule has 0 unspecified atom stereocenters. The van der Waals surface area contributed by atoms with Crippen LogP contribution in [0.3, 0.4) is 0 Å². The minimum absolute atomic E-state index is 0.127. The van der Waals surface area contributed by atoms with Gasteiger partial charge in [0.05, 0.1) is 17.4 Å². The highest BCUT2D eigenvalue weighted by Crippen LogP contribution is 2.46. The number of rotatable bonds is 5. The van der Waals surface area contributed by atoms with Crippen molar-refractivity contribution in [2.24, 2.45) is 23.9 Å². The summed E-state index contributed by atoms with van der Waals surface area (Å²) in [5.41, 5.74) is 4.19. The molecule has 0 atom stereocenters. The van der Waals surface area contributed by atoms with E-state index in [2.05, 4.69) is 5.10 Å². The predicted octanol–water partition coefficient (Wildman–Crippen LogP) is 2.63. The first kappa shape index (κ1) is 19.9. The molecule has 8 nitrogen and oxygen atoms in total. The molecule has 1 saturated heterocycles. The van der Waals surface area contributed by atoms with E-state index in [9.17, 15) is 9.59 Å². The topological polar surface area (TPSA) is 83.7 Å². The number of nitrogens with zero attached hydrogens (tertiary/aromatic N) is 6. The van der Waals surface area contributed by atoms with E-state index in [1.165, 1.54) is 0 Å². The zero-order chi connectivity index (χ0) is 23.0. The number of fused-ring (bicyclic) bond motifs is 1. The first-order valence-corrected chi connectivity index (χ1v) is 12.1. The zero-order valence-corrected chi connectivity index (χ0v) is 19.1. The largest absolute Gasteiger partial charge is 0.342 e. The number of likely N-dealkylation sites (tertiary alicyclic amines) is 1. The van der Waals surface area contributed by atoms with Gasteiger partial charge in [-0.2, -0.15) is 5.10 Å². The van der Waals surface area contributed by atoms with Gasteiger partial charge < -0.3 is 4.90 Å².